The molecule has 4 nitrogen and oxygen atoms in total. The Morgan fingerprint density at radius 1 is 1.07 bits per heavy atom. The molecule has 2 aromatic carbocycles. The first-order valence-corrected chi connectivity index (χ1v) is 14.6. The quantitative estimate of drug-likeness (QED) is 0.207. The van der Waals surface area contributed by atoms with E-state index < -0.39 is 65.7 Å². The SMILES string of the molecule is O=C(CC1C=C(C(F)F)C2=C1C(F)(F)C1CC21)N[C@@H](Cc1cc(F)cc(F)c1)c1ncccc1-c1ccc2scnc2c1. The largest absolute Gasteiger partial charge is 0.347 e. The average Bonchev–Trinajstić information content (AvgIpc) is 3.36. The molecule has 4 aromatic rings. The van der Waals surface area contributed by atoms with Crippen LogP contribution in [0.25, 0.3) is 21.3 Å². The number of hydrogen-bond acceptors (Lipinski definition) is 4. The number of fused-ring (bicyclic) bond motifs is 3. The number of aromatic nitrogens is 2. The van der Waals surface area contributed by atoms with Gasteiger partial charge in [0.1, 0.15) is 11.6 Å². The van der Waals surface area contributed by atoms with Crippen molar-refractivity contribution in [2.75, 3.05) is 0 Å². The molecule has 0 radical (unpaired) electrons. The van der Waals surface area contributed by atoms with E-state index in [9.17, 15) is 22.4 Å². The van der Waals surface area contributed by atoms with Gasteiger partial charge < -0.3 is 5.32 Å². The molecule has 3 unspecified atom stereocenters. The molecule has 0 bridgehead atoms. The Balaban J connectivity index is 1.22. The molecule has 0 saturated heterocycles. The Morgan fingerprint density at radius 2 is 1.86 bits per heavy atom. The summed E-state index contributed by atoms with van der Waals surface area (Å²) >= 11 is 1.48. The number of hydrogen-bond donors (Lipinski definition) is 1. The highest BCUT2D eigenvalue weighted by Gasteiger charge is 2.67. The summed E-state index contributed by atoms with van der Waals surface area (Å²) in [6.07, 6.45) is -0.691. The third kappa shape index (κ3) is 4.93. The first-order valence-electron chi connectivity index (χ1n) is 13.8. The van der Waals surface area contributed by atoms with E-state index in [-0.39, 0.29) is 29.6 Å². The van der Waals surface area contributed by atoms with Crippen LogP contribution in [0, 0.1) is 29.4 Å². The Bertz CT molecular complexity index is 1810. The number of carbonyl (C=O) groups excluding carboxylic acids is 1. The van der Waals surface area contributed by atoms with Crippen LogP contribution in [0.1, 0.15) is 30.1 Å². The van der Waals surface area contributed by atoms with E-state index in [0.717, 1.165) is 40.1 Å². The van der Waals surface area contributed by atoms with E-state index in [1.54, 1.807) is 17.6 Å². The number of alkyl halides is 4. The van der Waals surface area contributed by atoms with Crippen LogP contribution >= 0.6 is 11.3 Å². The smallest absolute Gasteiger partial charge is 0.273 e. The molecular weight excluding hydrogens is 588 g/mol. The molecule has 7 rings (SSSR count). The monoisotopic (exact) mass is 611 g/mol. The Labute approximate surface area is 246 Å². The minimum Gasteiger partial charge on any atom is -0.347 e. The van der Waals surface area contributed by atoms with Gasteiger partial charge in [-0.1, -0.05) is 18.2 Å². The fraction of sp³-hybridized carbons (Fsp3) is 0.281. The number of allylic oxidation sites excluding steroid dienone is 4. The lowest BCUT2D eigenvalue weighted by molar-refractivity contribution is -0.122. The van der Waals surface area contributed by atoms with Crippen LogP contribution < -0.4 is 5.32 Å². The number of thiazole rings is 1. The number of rotatable bonds is 8. The van der Waals surface area contributed by atoms with E-state index in [0.29, 0.717) is 11.3 Å². The third-order valence-electron chi connectivity index (χ3n) is 8.49. The summed E-state index contributed by atoms with van der Waals surface area (Å²) in [6.45, 7) is 0. The maximum Gasteiger partial charge on any atom is 0.273 e. The van der Waals surface area contributed by atoms with Gasteiger partial charge >= 0.3 is 0 Å². The molecule has 220 valence electrons. The molecule has 3 aliphatic carbocycles. The van der Waals surface area contributed by atoms with Gasteiger partial charge in [0.05, 0.1) is 27.5 Å². The van der Waals surface area contributed by atoms with Crippen molar-refractivity contribution in [2.45, 2.75) is 37.7 Å². The molecule has 1 fully saturated rings. The van der Waals surface area contributed by atoms with E-state index in [4.69, 9.17) is 0 Å². The average molecular weight is 612 g/mol. The molecule has 11 heteroatoms. The predicted molar refractivity (Wildman–Crippen MR) is 150 cm³/mol. The number of nitrogens with zero attached hydrogens (tertiary/aromatic N) is 2. The number of pyridine rings is 1. The summed E-state index contributed by atoms with van der Waals surface area (Å²) < 4.78 is 87.1. The standard InChI is InChI=1S/C32H23F6N3OS/c33-18-6-15(7-19(34)12-18)8-25(30-20(2-1-5-39-30)16-3-4-26-24(10-16)40-14-43-26)41-27(42)11-17-9-22(31(35)36)28-21-13-23(21)32(37,38)29(17)28/h1-7,9-10,12,14,17,21,23,25,31H,8,11,13H2,(H,41,42)/t17?,21?,23?,25-/m0/s1. The van der Waals surface area contributed by atoms with Crippen molar-refractivity contribution in [2.24, 2.45) is 17.8 Å². The number of amides is 1. The van der Waals surface area contributed by atoms with Gasteiger partial charge in [0, 0.05) is 47.2 Å². The van der Waals surface area contributed by atoms with Crippen LogP contribution in [0.4, 0.5) is 26.3 Å². The molecule has 3 aliphatic rings. The van der Waals surface area contributed by atoms with Gasteiger partial charge in [0.2, 0.25) is 5.91 Å². The van der Waals surface area contributed by atoms with Crippen LogP contribution in [0.2, 0.25) is 0 Å². The zero-order valence-corrected chi connectivity index (χ0v) is 23.2. The van der Waals surface area contributed by atoms with E-state index >= 15 is 8.78 Å². The first-order chi connectivity index (χ1) is 20.6. The second kappa shape index (κ2) is 10.3. The van der Waals surface area contributed by atoms with Crippen LogP contribution in [-0.2, 0) is 11.2 Å². The van der Waals surface area contributed by atoms with Crippen LogP contribution in [0.5, 0.6) is 0 Å². The molecule has 2 heterocycles. The lowest BCUT2D eigenvalue weighted by atomic mass is 9.91. The number of nitrogens with one attached hydrogen (secondary N) is 1. The molecule has 1 N–H and O–H groups in total. The first kappa shape index (κ1) is 27.8. The highest BCUT2D eigenvalue weighted by molar-refractivity contribution is 7.16. The zero-order chi connectivity index (χ0) is 30.0. The van der Waals surface area contributed by atoms with Crippen molar-refractivity contribution in [3.63, 3.8) is 0 Å². The molecule has 1 saturated carbocycles. The van der Waals surface area contributed by atoms with Crippen LogP contribution in [0.15, 0.2) is 83.0 Å². The predicted octanol–water partition coefficient (Wildman–Crippen LogP) is 7.83. The van der Waals surface area contributed by atoms with E-state index in [2.05, 4.69) is 15.3 Å². The summed E-state index contributed by atoms with van der Waals surface area (Å²) in [4.78, 5) is 22.4. The van der Waals surface area contributed by atoms with Gasteiger partial charge in [-0.2, -0.15) is 0 Å². The number of benzene rings is 2. The maximum absolute atomic E-state index is 15.1. The highest BCUT2D eigenvalue weighted by atomic mass is 32.1. The van der Waals surface area contributed by atoms with Crippen LogP contribution in [0.3, 0.4) is 0 Å². The number of halogens is 6. The van der Waals surface area contributed by atoms with Gasteiger partial charge in [-0.15, -0.1) is 11.3 Å². The highest BCUT2D eigenvalue weighted by Crippen LogP contribution is 2.68. The fourth-order valence-electron chi connectivity index (χ4n) is 6.65. The molecule has 0 aliphatic heterocycles. The van der Waals surface area contributed by atoms with Crippen LogP contribution in [-0.4, -0.2) is 28.2 Å². The third-order valence-corrected chi connectivity index (χ3v) is 9.30. The maximum atomic E-state index is 15.1. The van der Waals surface area contributed by atoms with Crippen molar-refractivity contribution < 1.29 is 31.1 Å². The zero-order valence-electron chi connectivity index (χ0n) is 22.3. The summed E-state index contributed by atoms with van der Waals surface area (Å²) in [7, 11) is 0. The molecular formula is C32H23F6N3OS. The van der Waals surface area contributed by atoms with Gasteiger partial charge in [-0.3, -0.25) is 9.78 Å². The summed E-state index contributed by atoms with van der Waals surface area (Å²) in [6, 6.07) is 11.2. The molecule has 4 atom stereocenters. The Hall–Kier alpha value is -3.99. The summed E-state index contributed by atoms with van der Waals surface area (Å²) in [5.74, 6) is -8.29. The normalized spacial score (nSPS) is 22.5. The summed E-state index contributed by atoms with van der Waals surface area (Å²) in [5.41, 5.74) is 3.70. The lowest BCUT2D eigenvalue weighted by Gasteiger charge is -2.24. The Kier molecular flexibility index (Phi) is 6.68. The minimum absolute atomic E-state index is 0.0130. The number of carbonyl (C=O) groups is 1. The minimum atomic E-state index is -3.25. The second-order valence-corrected chi connectivity index (χ2v) is 12.1. The van der Waals surface area contributed by atoms with Gasteiger partial charge in [-0.05, 0) is 65.8 Å². The van der Waals surface area contributed by atoms with Gasteiger partial charge in [0.25, 0.3) is 12.3 Å². The summed E-state index contributed by atoms with van der Waals surface area (Å²) in [5, 5.41) is 2.82. The topological polar surface area (TPSA) is 54.9 Å². The molecule has 1 amide bonds. The van der Waals surface area contributed by atoms with Crippen molar-refractivity contribution in [1.29, 1.82) is 0 Å². The van der Waals surface area contributed by atoms with Gasteiger partial charge in [0.15, 0.2) is 0 Å². The molecule has 0 spiro atoms. The molecule has 43 heavy (non-hydrogen) atoms. The fourth-order valence-corrected chi connectivity index (χ4v) is 7.31. The van der Waals surface area contributed by atoms with E-state index in [1.165, 1.54) is 17.5 Å². The molecule has 2 aromatic heterocycles. The van der Waals surface area contributed by atoms with Crippen molar-refractivity contribution in [1.82, 2.24) is 15.3 Å². The Morgan fingerprint density at radius 3 is 2.63 bits per heavy atom. The van der Waals surface area contributed by atoms with Crippen molar-refractivity contribution >= 4 is 27.5 Å². The van der Waals surface area contributed by atoms with Crippen molar-refractivity contribution in [3.05, 3.63) is 106 Å². The lowest BCUT2D eigenvalue weighted by Crippen LogP contribution is -2.33. The van der Waals surface area contributed by atoms with E-state index in [1.807, 2.05) is 18.2 Å². The van der Waals surface area contributed by atoms with Gasteiger partial charge in [-0.25, -0.2) is 31.3 Å². The second-order valence-electron chi connectivity index (χ2n) is 11.2. The van der Waals surface area contributed by atoms with Crippen molar-refractivity contribution in [3.8, 4) is 11.1 Å².